The van der Waals surface area contributed by atoms with Crippen LogP contribution >= 0.6 is 11.3 Å². The number of imidazole rings is 1. The van der Waals surface area contributed by atoms with E-state index in [4.69, 9.17) is 4.98 Å². The third kappa shape index (κ3) is 3.31. The van der Waals surface area contributed by atoms with Crippen molar-refractivity contribution in [3.8, 4) is 22.5 Å². The zero-order valence-electron chi connectivity index (χ0n) is 17.6. The summed E-state index contributed by atoms with van der Waals surface area (Å²) >= 11 is 1.56. The topological polar surface area (TPSA) is 29.3 Å². The number of halogens is 1. The summed E-state index contributed by atoms with van der Waals surface area (Å²) in [5.41, 5.74) is 7.41. The van der Waals surface area contributed by atoms with Crippen LogP contribution < -0.4 is 5.32 Å². The van der Waals surface area contributed by atoms with Gasteiger partial charge in [-0.05, 0) is 49.1 Å². The molecule has 0 saturated carbocycles. The van der Waals surface area contributed by atoms with Crippen molar-refractivity contribution in [2.75, 3.05) is 5.32 Å². The lowest BCUT2D eigenvalue weighted by Crippen LogP contribution is -2.02. The summed E-state index contributed by atoms with van der Waals surface area (Å²) in [6, 6.07) is 21.6. The van der Waals surface area contributed by atoms with E-state index in [1.54, 1.807) is 17.4 Å². The van der Waals surface area contributed by atoms with Gasteiger partial charge in [-0.1, -0.05) is 60.7 Å². The highest BCUT2D eigenvalue weighted by molar-refractivity contribution is 7.15. The van der Waals surface area contributed by atoms with Crippen molar-refractivity contribution in [1.29, 1.82) is 0 Å². The van der Waals surface area contributed by atoms with E-state index in [-0.39, 0.29) is 5.82 Å². The van der Waals surface area contributed by atoms with Crippen LogP contribution in [-0.2, 0) is 0 Å². The Labute approximate surface area is 184 Å². The number of rotatable bonds is 4. The first kappa shape index (κ1) is 19.5. The molecular formula is C26H22FN3S. The Morgan fingerprint density at radius 2 is 1.52 bits per heavy atom. The van der Waals surface area contributed by atoms with Crippen LogP contribution in [0.2, 0.25) is 0 Å². The van der Waals surface area contributed by atoms with Gasteiger partial charge in [0.1, 0.15) is 17.3 Å². The van der Waals surface area contributed by atoms with Crippen LogP contribution in [0.5, 0.6) is 0 Å². The summed E-state index contributed by atoms with van der Waals surface area (Å²) in [6.45, 7) is 6.08. The fourth-order valence-corrected chi connectivity index (χ4v) is 4.92. The van der Waals surface area contributed by atoms with Gasteiger partial charge >= 0.3 is 0 Å². The number of hydrogen-bond donors (Lipinski definition) is 1. The minimum Gasteiger partial charge on any atom is -0.339 e. The van der Waals surface area contributed by atoms with Crippen molar-refractivity contribution in [2.45, 2.75) is 20.8 Å². The Hall–Kier alpha value is -3.44. The molecular weight excluding hydrogens is 405 g/mol. The lowest BCUT2D eigenvalue weighted by Gasteiger charge is -2.15. The van der Waals surface area contributed by atoms with E-state index in [1.165, 1.54) is 6.07 Å². The minimum atomic E-state index is -0.267. The van der Waals surface area contributed by atoms with E-state index < -0.39 is 0 Å². The maximum atomic E-state index is 15.0. The Kier molecular flexibility index (Phi) is 4.83. The van der Waals surface area contributed by atoms with Crippen LogP contribution in [0, 0.1) is 26.6 Å². The fourth-order valence-electron chi connectivity index (χ4n) is 4.02. The highest BCUT2D eigenvalue weighted by Gasteiger charge is 2.23. The average molecular weight is 428 g/mol. The molecule has 0 unspecified atom stereocenters. The van der Waals surface area contributed by atoms with Gasteiger partial charge in [0.2, 0.25) is 0 Å². The highest BCUT2D eigenvalue weighted by atomic mass is 32.1. The summed E-state index contributed by atoms with van der Waals surface area (Å²) in [6.07, 6.45) is 0. The number of aromatic nitrogens is 2. The van der Waals surface area contributed by atoms with Gasteiger partial charge in [0, 0.05) is 16.6 Å². The number of para-hydroxylation sites is 1. The lowest BCUT2D eigenvalue weighted by atomic mass is 10.0. The maximum Gasteiger partial charge on any atom is 0.196 e. The molecule has 0 spiro atoms. The van der Waals surface area contributed by atoms with Crippen LogP contribution in [0.1, 0.15) is 16.7 Å². The maximum absolute atomic E-state index is 15.0. The molecule has 3 nitrogen and oxygen atoms in total. The highest BCUT2D eigenvalue weighted by Crippen LogP contribution is 2.40. The van der Waals surface area contributed by atoms with Crippen molar-refractivity contribution in [1.82, 2.24) is 9.38 Å². The van der Waals surface area contributed by atoms with E-state index in [0.717, 1.165) is 44.4 Å². The smallest absolute Gasteiger partial charge is 0.196 e. The van der Waals surface area contributed by atoms with E-state index in [0.29, 0.717) is 11.3 Å². The molecule has 0 saturated heterocycles. The molecule has 1 N–H and O–H groups in total. The largest absolute Gasteiger partial charge is 0.339 e. The second kappa shape index (κ2) is 7.67. The molecule has 3 aromatic carbocycles. The summed E-state index contributed by atoms with van der Waals surface area (Å²) in [5.74, 6) is 0.511. The summed E-state index contributed by atoms with van der Waals surface area (Å²) < 4.78 is 17.1. The van der Waals surface area contributed by atoms with E-state index in [2.05, 4.69) is 53.2 Å². The van der Waals surface area contributed by atoms with E-state index in [1.807, 2.05) is 37.3 Å². The third-order valence-corrected chi connectivity index (χ3v) is 6.44. The Bertz CT molecular complexity index is 1360. The Morgan fingerprint density at radius 3 is 2.23 bits per heavy atom. The average Bonchev–Trinajstić information content (AvgIpc) is 3.31. The number of benzene rings is 3. The van der Waals surface area contributed by atoms with Crippen molar-refractivity contribution in [2.24, 2.45) is 0 Å². The first-order valence-corrected chi connectivity index (χ1v) is 11.1. The molecule has 31 heavy (non-hydrogen) atoms. The normalized spacial score (nSPS) is 11.2. The first-order chi connectivity index (χ1) is 15.0. The molecule has 154 valence electrons. The Balaban J connectivity index is 1.82. The molecule has 0 aliphatic heterocycles. The third-order valence-electron chi connectivity index (χ3n) is 5.62. The molecule has 0 radical (unpaired) electrons. The van der Waals surface area contributed by atoms with Crippen LogP contribution in [0.4, 0.5) is 15.9 Å². The van der Waals surface area contributed by atoms with Gasteiger partial charge in [-0.25, -0.2) is 9.37 Å². The number of nitrogens with zero attached hydrogens (tertiary/aromatic N) is 2. The molecule has 0 atom stereocenters. The predicted molar refractivity (Wildman–Crippen MR) is 128 cm³/mol. The van der Waals surface area contributed by atoms with Crippen molar-refractivity contribution >= 4 is 27.8 Å². The number of thiazole rings is 1. The van der Waals surface area contributed by atoms with Crippen molar-refractivity contribution in [3.05, 3.63) is 94.6 Å². The number of fused-ring (bicyclic) bond motifs is 1. The second-order valence-electron chi connectivity index (χ2n) is 7.74. The fraction of sp³-hybridized carbons (Fsp3) is 0.115. The van der Waals surface area contributed by atoms with Crippen molar-refractivity contribution < 1.29 is 4.39 Å². The molecule has 2 aromatic heterocycles. The molecule has 0 fully saturated rings. The SMILES string of the molecule is Cc1cccc(C)c1Nc1c(-c2c(C)cccc2F)nc2scc(-c3ccccc3)n12. The number of anilines is 2. The van der Waals surface area contributed by atoms with Gasteiger partial charge in [0.15, 0.2) is 4.96 Å². The number of aryl methyl sites for hydroxylation is 3. The van der Waals surface area contributed by atoms with Gasteiger partial charge < -0.3 is 5.32 Å². The van der Waals surface area contributed by atoms with Crippen molar-refractivity contribution in [3.63, 3.8) is 0 Å². The molecule has 5 rings (SSSR count). The van der Waals surface area contributed by atoms with Crippen LogP contribution in [0.15, 0.2) is 72.1 Å². The second-order valence-corrected chi connectivity index (χ2v) is 8.57. The Morgan fingerprint density at radius 1 is 0.839 bits per heavy atom. The first-order valence-electron chi connectivity index (χ1n) is 10.2. The minimum absolute atomic E-state index is 0.267. The summed E-state index contributed by atoms with van der Waals surface area (Å²) in [7, 11) is 0. The van der Waals surface area contributed by atoms with Crippen LogP contribution in [0.25, 0.3) is 27.5 Å². The molecule has 0 aliphatic rings. The molecule has 0 aliphatic carbocycles. The summed E-state index contributed by atoms with van der Waals surface area (Å²) in [4.78, 5) is 5.71. The monoisotopic (exact) mass is 427 g/mol. The summed E-state index contributed by atoms with van der Waals surface area (Å²) in [5, 5.41) is 5.72. The molecule has 0 amide bonds. The van der Waals surface area contributed by atoms with Gasteiger partial charge in [-0.15, -0.1) is 11.3 Å². The molecule has 5 heteroatoms. The molecule has 2 heterocycles. The zero-order valence-corrected chi connectivity index (χ0v) is 18.4. The van der Waals surface area contributed by atoms with Gasteiger partial charge in [-0.2, -0.15) is 0 Å². The predicted octanol–water partition coefficient (Wildman–Crippen LogP) is 7.54. The standard InChI is InChI=1S/C26H22FN3S/c1-16-9-8-14-20(27)22(16)24-25(28-23-17(2)10-7-11-18(23)3)30-21(15-31-26(30)29-24)19-12-5-4-6-13-19/h4-15,28H,1-3H3. The van der Waals surface area contributed by atoms with E-state index in [9.17, 15) is 4.39 Å². The zero-order chi connectivity index (χ0) is 21.5. The quantitative estimate of drug-likeness (QED) is 0.321. The van der Waals surface area contributed by atoms with Crippen LogP contribution in [0.3, 0.4) is 0 Å². The van der Waals surface area contributed by atoms with Gasteiger partial charge in [-0.3, -0.25) is 4.40 Å². The lowest BCUT2D eigenvalue weighted by molar-refractivity contribution is 0.630. The number of hydrogen-bond acceptors (Lipinski definition) is 3. The number of nitrogens with one attached hydrogen (secondary N) is 1. The molecule has 5 aromatic rings. The van der Waals surface area contributed by atoms with Gasteiger partial charge in [0.25, 0.3) is 0 Å². The van der Waals surface area contributed by atoms with Crippen LogP contribution in [-0.4, -0.2) is 9.38 Å². The molecule has 0 bridgehead atoms. The van der Waals surface area contributed by atoms with E-state index >= 15 is 0 Å². The van der Waals surface area contributed by atoms with Gasteiger partial charge in [0.05, 0.1) is 5.69 Å².